The Balaban J connectivity index is 0.839. The zero-order valence-electron chi connectivity index (χ0n) is 33.7. The highest BCUT2D eigenvalue weighted by Crippen LogP contribution is 2.46. The van der Waals surface area contributed by atoms with E-state index in [1.165, 1.54) is 54.3 Å². The minimum Gasteiger partial charge on any atom is -0.544 e. The van der Waals surface area contributed by atoms with Crippen molar-refractivity contribution in [3.8, 4) is 22.4 Å². The molecule has 5 heterocycles. The second-order valence-corrected chi connectivity index (χ2v) is 17.1. The van der Waals surface area contributed by atoms with E-state index in [-0.39, 0.29) is 75.4 Å². The van der Waals surface area contributed by atoms with Crippen LogP contribution in [-0.2, 0) is 27.9 Å². The van der Waals surface area contributed by atoms with E-state index in [0.29, 0.717) is 79.5 Å². The van der Waals surface area contributed by atoms with Crippen LogP contribution in [0.4, 0.5) is 14.5 Å². The molecule has 1 unspecified atom stereocenters. The van der Waals surface area contributed by atoms with Gasteiger partial charge in [-0.05, 0) is 31.2 Å². The van der Waals surface area contributed by atoms with Crippen LogP contribution >= 0.6 is 11.6 Å². The molecule has 3 amide bonds. The fraction of sp³-hybridized carbons (Fsp3) is 0.476. The van der Waals surface area contributed by atoms with Crippen molar-refractivity contribution in [3.63, 3.8) is 0 Å². The van der Waals surface area contributed by atoms with Gasteiger partial charge < -0.3 is 44.5 Å². The maximum Gasteiger partial charge on any atom is 0.291 e. The van der Waals surface area contributed by atoms with Gasteiger partial charge in [-0.25, -0.2) is 13.8 Å². The zero-order chi connectivity index (χ0) is 42.5. The van der Waals surface area contributed by atoms with Crippen molar-refractivity contribution >= 4 is 41.0 Å². The van der Waals surface area contributed by atoms with E-state index in [1.807, 2.05) is 4.90 Å². The minimum atomic E-state index is -1.09. The number of hydrogen-bond acceptors (Lipinski definition) is 9. The summed E-state index contributed by atoms with van der Waals surface area (Å²) in [7, 11) is 3.09. The molecular weight excluding hydrogens is 800 g/mol. The third-order valence-corrected chi connectivity index (χ3v) is 13.3. The highest BCUT2D eigenvalue weighted by Gasteiger charge is 2.58. The number of aliphatic carboxylic acids is 1. The van der Waals surface area contributed by atoms with E-state index in [2.05, 4.69) is 26.0 Å². The number of quaternary nitrogens is 1. The lowest BCUT2D eigenvalue weighted by Crippen LogP contribution is -2.63. The van der Waals surface area contributed by atoms with Crippen LogP contribution in [0.2, 0.25) is 5.02 Å². The Kier molecular flexibility index (Phi) is 11.5. The predicted octanol–water partition coefficient (Wildman–Crippen LogP) is 2.47. The van der Waals surface area contributed by atoms with Gasteiger partial charge in [0.15, 0.2) is 17.5 Å². The van der Waals surface area contributed by atoms with Gasteiger partial charge in [0.25, 0.3) is 11.8 Å². The summed E-state index contributed by atoms with van der Waals surface area (Å²) in [5, 5.41) is 25.0. The van der Waals surface area contributed by atoms with Gasteiger partial charge in [-0.15, -0.1) is 0 Å². The van der Waals surface area contributed by atoms with Crippen LogP contribution in [0.3, 0.4) is 0 Å². The van der Waals surface area contributed by atoms with Crippen molar-refractivity contribution in [2.45, 2.75) is 32.4 Å². The third-order valence-electron chi connectivity index (χ3n) is 13.0. The Labute approximate surface area is 350 Å². The zero-order valence-corrected chi connectivity index (χ0v) is 34.4. The smallest absolute Gasteiger partial charge is 0.291 e. The van der Waals surface area contributed by atoms with Gasteiger partial charge in [-0.1, -0.05) is 17.7 Å². The van der Waals surface area contributed by atoms with Crippen molar-refractivity contribution in [1.82, 2.24) is 34.9 Å². The maximum atomic E-state index is 15.6. The molecule has 0 bridgehead atoms. The van der Waals surface area contributed by atoms with Crippen molar-refractivity contribution in [1.29, 1.82) is 0 Å². The summed E-state index contributed by atoms with van der Waals surface area (Å²) in [6, 6.07) is 7.32. The van der Waals surface area contributed by atoms with E-state index in [9.17, 15) is 24.3 Å². The Morgan fingerprint density at radius 3 is 2.35 bits per heavy atom. The molecule has 2 aromatic heterocycles. The molecule has 18 heteroatoms. The van der Waals surface area contributed by atoms with Gasteiger partial charge in [0.05, 0.1) is 67.4 Å². The Bertz CT molecular complexity index is 2330. The van der Waals surface area contributed by atoms with Crippen molar-refractivity contribution in [3.05, 3.63) is 76.5 Å². The molecule has 4 fully saturated rings. The first kappa shape index (κ1) is 41.5. The third kappa shape index (κ3) is 8.02. The lowest BCUT2D eigenvalue weighted by Gasteiger charge is -2.47. The number of halogens is 3. The number of methoxy groups -OCH3 is 1. The predicted molar refractivity (Wildman–Crippen MR) is 214 cm³/mol. The molecule has 8 rings (SSSR count). The molecule has 0 spiro atoms. The Morgan fingerprint density at radius 2 is 1.70 bits per heavy atom. The van der Waals surface area contributed by atoms with Gasteiger partial charge in [0.2, 0.25) is 5.91 Å². The van der Waals surface area contributed by atoms with Crippen LogP contribution in [0.25, 0.3) is 22.4 Å². The summed E-state index contributed by atoms with van der Waals surface area (Å²) in [6.45, 7) is 7.62. The molecule has 3 aliphatic heterocycles. The summed E-state index contributed by atoms with van der Waals surface area (Å²) in [4.78, 5) is 57.8. The van der Waals surface area contributed by atoms with Crippen LogP contribution in [0.1, 0.15) is 39.5 Å². The molecule has 4 aliphatic rings. The molecule has 0 radical (unpaired) electrons. The number of carbonyl (C=O) groups excluding carboxylic acids is 4. The number of ether oxygens (including phenoxy) is 1. The number of likely N-dealkylation sites (tertiary alicyclic amines) is 2. The molecule has 15 nitrogen and oxygen atoms in total. The van der Waals surface area contributed by atoms with E-state index in [0.717, 1.165) is 19.6 Å². The van der Waals surface area contributed by atoms with E-state index in [4.69, 9.17) is 16.3 Å². The Hall–Kier alpha value is -5.23. The maximum absolute atomic E-state index is 15.6. The lowest BCUT2D eigenvalue weighted by atomic mass is 9.91. The highest BCUT2D eigenvalue weighted by atomic mass is 35.5. The first-order valence-corrected chi connectivity index (χ1v) is 20.6. The van der Waals surface area contributed by atoms with Gasteiger partial charge in [-0.3, -0.25) is 19.1 Å². The van der Waals surface area contributed by atoms with Gasteiger partial charge in [-0.2, -0.15) is 5.10 Å². The molecule has 318 valence electrons. The standard InChI is InChI=1S/C42H48ClF2N9O6/c1-23-30(17-48-53(23)10-13-60-3)27-6-7-29(37(45)36(27)44)34-18-47-39(51(34)2)41(58)49-26-4-5-28(33(43)14-26)40(57)50-38-31-19-52(20-32(31)38)42(59)25-8-11-54(12-9-25,22-35(55)56)21-24-15-46-16-24/h4-7,14,17-18,24-25,31-32,38,46H,8-13,15-16,19-22H2,1-3H3,(H2-,49,50,55,56,57,58)/t25?,31-,32+,38?,54?. The summed E-state index contributed by atoms with van der Waals surface area (Å²) in [5.74, 6) is -3.55. The number of nitrogens with zero attached hydrogens (tertiary/aromatic N) is 6. The molecule has 3 saturated heterocycles. The SMILES string of the molecule is COCCn1ncc(-c2ccc(-c3cnc(C(=O)Nc4ccc(C(=O)NC5[C@H]6CN(C(=O)C7CC[N+](CC(=O)[O-])(CC8CNC8)CC7)C[C@@H]56)c(Cl)c4)n3C)c(F)c2F)c1C. The summed E-state index contributed by atoms with van der Waals surface area (Å²) in [5.41, 5.74) is 1.79. The topological polar surface area (TPSA) is 176 Å². The normalized spacial score (nSPS) is 23.5. The second kappa shape index (κ2) is 16.7. The number of fused-ring (bicyclic) bond motifs is 1. The number of piperidine rings is 2. The number of carbonyl (C=O) groups is 4. The second-order valence-electron chi connectivity index (χ2n) is 16.7. The lowest BCUT2D eigenvalue weighted by molar-refractivity contribution is -0.931. The fourth-order valence-corrected chi connectivity index (χ4v) is 9.65. The van der Waals surface area contributed by atoms with Gasteiger partial charge in [0.1, 0.15) is 6.54 Å². The minimum absolute atomic E-state index is 0.0179. The Morgan fingerprint density at radius 1 is 1.00 bits per heavy atom. The molecule has 3 N–H and O–H groups in total. The number of nitrogens with one attached hydrogen (secondary N) is 3. The molecule has 1 aliphatic carbocycles. The number of anilines is 1. The highest BCUT2D eigenvalue weighted by molar-refractivity contribution is 6.34. The molecule has 3 atom stereocenters. The summed E-state index contributed by atoms with van der Waals surface area (Å²) in [6.07, 6.45) is 4.08. The van der Waals surface area contributed by atoms with Crippen molar-refractivity contribution < 1.29 is 42.3 Å². The largest absolute Gasteiger partial charge is 0.544 e. The van der Waals surface area contributed by atoms with Crippen LogP contribution in [0.5, 0.6) is 0 Å². The van der Waals surface area contributed by atoms with Crippen LogP contribution in [0, 0.1) is 42.2 Å². The van der Waals surface area contributed by atoms with Crippen molar-refractivity contribution in [2.24, 2.45) is 30.7 Å². The number of carboxylic acids is 1. The van der Waals surface area contributed by atoms with Gasteiger partial charge in [0, 0.05) is 111 Å². The number of benzene rings is 2. The van der Waals surface area contributed by atoms with Crippen molar-refractivity contribution in [2.75, 3.05) is 71.4 Å². The first-order valence-electron chi connectivity index (χ1n) is 20.3. The number of rotatable bonds is 14. The van der Waals surface area contributed by atoms with Gasteiger partial charge >= 0.3 is 0 Å². The van der Waals surface area contributed by atoms with Crippen LogP contribution < -0.4 is 21.1 Å². The number of hydrogen-bond donors (Lipinski definition) is 3. The van der Waals surface area contributed by atoms with E-state index < -0.39 is 23.5 Å². The quantitative estimate of drug-likeness (QED) is 0.161. The first-order chi connectivity index (χ1) is 28.8. The molecular formula is C42H48ClF2N9O6. The average molecular weight is 848 g/mol. The van der Waals surface area contributed by atoms with E-state index >= 15 is 8.78 Å². The van der Waals surface area contributed by atoms with Crippen LogP contribution in [0.15, 0.2) is 42.7 Å². The molecule has 60 heavy (non-hydrogen) atoms. The molecule has 4 aromatic rings. The molecule has 2 aromatic carbocycles. The van der Waals surface area contributed by atoms with Crippen LogP contribution in [-0.4, -0.2) is 125 Å². The number of aromatic nitrogens is 4. The number of carboxylic acid groups (broad SMARTS) is 1. The molecule has 1 saturated carbocycles. The summed E-state index contributed by atoms with van der Waals surface area (Å²) >= 11 is 6.54. The average Bonchev–Trinajstić information content (AvgIpc) is 3.55. The fourth-order valence-electron chi connectivity index (χ4n) is 9.38. The summed E-state index contributed by atoms with van der Waals surface area (Å²) < 4.78 is 39.7. The number of amides is 3. The monoisotopic (exact) mass is 847 g/mol. The van der Waals surface area contributed by atoms with E-state index in [1.54, 1.807) is 18.7 Å². The number of imidazole rings is 1.